The molecular formula is C16H20N2O4. The van der Waals surface area contributed by atoms with Crippen molar-refractivity contribution in [3.05, 3.63) is 29.8 Å². The smallest absolute Gasteiger partial charge is 0.323 e. The number of carboxylic acid groups (broad SMARTS) is 1. The molecular weight excluding hydrogens is 284 g/mol. The molecule has 1 fully saturated rings. The number of carbonyl (C=O) groups excluding carboxylic acids is 2. The Morgan fingerprint density at radius 1 is 1.32 bits per heavy atom. The van der Waals surface area contributed by atoms with Crippen molar-refractivity contribution >= 4 is 23.5 Å². The minimum absolute atomic E-state index is 0.103. The van der Waals surface area contributed by atoms with Gasteiger partial charge in [-0.15, -0.1) is 0 Å². The van der Waals surface area contributed by atoms with Gasteiger partial charge in [0.25, 0.3) is 0 Å². The van der Waals surface area contributed by atoms with Crippen molar-refractivity contribution in [2.45, 2.75) is 20.3 Å². The third kappa shape index (κ3) is 3.44. The average molecular weight is 304 g/mol. The summed E-state index contributed by atoms with van der Waals surface area (Å²) in [6.07, 6.45) is 0.128. The highest BCUT2D eigenvalue weighted by atomic mass is 16.4. The highest BCUT2D eigenvalue weighted by molar-refractivity contribution is 6.00. The number of hydrogen-bond donors (Lipinski definition) is 1. The van der Waals surface area contributed by atoms with Crippen LogP contribution in [0.1, 0.15) is 18.9 Å². The van der Waals surface area contributed by atoms with Gasteiger partial charge in [-0.05, 0) is 26.0 Å². The number of aryl methyl sites for hydroxylation is 1. The highest BCUT2D eigenvalue weighted by Gasteiger charge is 2.37. The Hall–Kier alpha value is -2.37. The van der Waals surface area contributed by atoms with Gasteiger partial charge in [0.1, 0.15) is 6.54 Å². The van der Waals surface area contributed by atoms with Crippen LogP contribution in [-0.2, 0) is 14.4 Å². The monoisotopic (exact) mass is 304 g/mol. The van der Waals surface area contributed by atoms with Gasteiger partial charge in [0.05, 0.1) is 5.92 Å². The molecule has 6 heteroatoms. The first kappa shape index (κ1) is 16.0. The van der Waals surface area contributed by atoms with Crippen LogP contribution in [-0.4, -0.2) is 47.4 Å². The van der Waals surface area contributed by atoms with Gasteiger partial charge in [-0.2, -0.15) is 0 Å². The fourth-order valence-electron chi connectivity index (χ4n) is 2.61. The molecule has 1 saturated heterocycles. The largest absolute Gasteiger partial charge is 0.480 e. The summed E-state index contributed by atoms with van der Waals surface area (Å²) in [5.74, 6) is -1.90. The summed E-state index contributed by atoms with van der Waals surface area (Å²) in [5.41, 5.74) is 1.87. The van der Waals surface area contributed by atoms with Crippen molar-refractivity contribution in [3.8, 4) is 0 Å². The van der Waals surface area contributed by atoms with Gasteiger partial charge in [0.2, 0.25) is 11.8 Å². The van der Waals surface area contributed by atoms with Gasteiger partial charge in [0.15, 0.2) is 0 Å². The maximum Gasteiger partial charge on any atom is 0.323 e. The lowest BCUT2D eigenvalue weighted by atomic mass is 10.1. The van der Waals surface area contributed by atoms with E-state index in [2.05, 4.69) is 0 Å². The van der Waals surface area contributed by atoms with Gasteiger partial charge in [-0.1, -0.05) is 17.7 Å². The molecule has 22 heavy (non-hydrogen) atoms. The van der Waals surface area contributed by atoms with Gasteiger partial charge in [0, 0.05) is 25.2 Å². The van der Waals surface area contributed by atoms with Crippen molar-refractivity contribution in [2.24, 2.45) is 5.92 Å². The second-order valence-corrected chi connectivity index (χ2v) is 5.49. The van der Waals surface area contributed by atoms with E-state index in [-0.39, 0.29) is 24.8 Å². The predicted octanol–water partition coefficient (Wildman–Crippen LogP) is 1.28. The Labute approximate surface area is 129 Å². The number of aliphatic carboxylic acids is 1. The summed E-state index contributed by atoms with van der Waals surface area (Å²) < 4.78 is 0. The van der Waals surface area contributed by atoms with E-state index in [1.54, 1.807) is 11.8 Å². The minimum Gasteiger partial charge on any atom is -0.480 e. The van der Waals surface area contributed by atoms with Crippen LogP contribution in [0.15, 0.2) is 24.3 Å². The molecule has 0 aliphatic carbocycles. The number of rotatable bonds is 5. The lowest BCUT2D eigenvalue weighted by Gasteiger charge is -2.22. The molecule has 1 N–H and O–H groups in total. The maximum absolute atomic E-state index is 12.4. The van der Waals surface area contributed by atoms with Crippen molar-refractivity contribution in [1.29, 1.82) is 0 Å². The second kappa shape index (κ2) is 6.60. The van der Waals surface area contributed by atoms with E-state index in [0.29, 0.717) is 13.1 Å². The van der Waals surface area contributed by atoms with Gasteiger partial charge in [-0.25, -0.2) is 0 Å². The Morgan fingerprint density at radius 3 is 2.50 bits per heavy atom. The van der Waals surface area contributed by atoms with Gasteiger partial charge < -0.3 is 14.9 Å². The molecule has 1 heterocycles. The van der Waals surface area contributed by atoms with Crippen LogP contribution in [0.5, 0.6) is 0 Å². The normalized spacial score (nSPS) is 17.6. The lowest BCUT2D eigenvalue weighted by Crippen LogP contribution is -2.40. The fraction of sp³-hybridized carbons (Fsp3) is 0.438. The summed E-state index contributed by atoms with van der Waals surface area (Å²) in [4.78, 5) is 38.2. The highest BCUT2D eigenvalue weighted by Crippen LogP contribution is 2.26. The number of carbonyl (C=O) groups is 3. The van der Waals surface area contributed by atoms with Crippen molar-refractivity contribution in [3.63, 3.8) is 0 Å². The molecule has 2 rings (SSSR count). The van der Waals surface area contributed by atoms with E-state index in [9.17, 15) is 14.4 Å². The van der Waals surface area contributed by atoms with Crippen LogP contribution in [0.3, 0.4) is 0 Å². The fourth-order valence-corrected chi connectivity index (χ4v) is 2.61. The molecule has 2 amide bonds. The van der Waals surface area contributed by atoms with Crippen LogP contribution < -0.4 is 4.90 Å². The summed E-state index contributed by atoms with van der Waals surface area (Å²) in [6, 6.07) is 7.55. The number of hydrogen-bond acceptors (Lipinski definition) is 3. The molecule has 118 valence electrons. The number of carboxylic acids is 1. The topological polar surface area (TPSA) is 77.9 Å². The summed E-state index contributed by atoms with van der Waals surface area (Å²) in [6.45, 7) is 3.99. The molecule has 1 unspecified atom stereocenters. The molecule has 1 atom stereocenters. The quantitative estimate of drug-likeness (QED) is 0.889. The third-order valence-corrected chi connectivity index (χ3v) is 3.84. The molecule has 1 aliphatic heterocycles. The first-order valence-electron chi connectivity index (χ1n) is 7.30. The summed E-state index contributed by atoms with van der Waals surface area (Å²) >= 11 is 0. The van der Waals surface area contributed by atoms with Crippen LogP contribution in [0, 0.1) is 12.8 Å². The summed E-state index contributed by atoms with van der Waals surface area (Å²) in [5, 5.41) is 8.84. The Kier molecular flexibility index (Phi) is 4.80. The molecule has 0 radical (unpaired) electrons. The first-order valence-corrected chi connectivity index (χ1v) is 7.30. The summed E-state index contributed by atoms with van der Waals surface area (Å²) in [7, 11) is 0. The molecule has 0 saturated carbocycles. The Morgan fingerprint density at radius 2 is 1.95 bits per heavy atom. The van der Waals surface area contributed by atoms with E-state index in [4.69, 9.17) is 5.11 Å². The van der Waals surface area contributed by atoms with Crippen molar-refractivity contribution < 1.29 is 19.5 Å². The van der Waals surface area contributed by atoms with E-state index in [0.717, 1.165) is 11.3 Å². The number of likely N-dealkylation sites (N-methyl/N-ethyl adjacent to an activating group) is 1. The van der Waals surface area contributed by atoms with Crippen LogP contribution in [0.25, 0.3) is 0 Å². The van der Waals surface area contributed by atoms with Gasteiger partial charge in [-0.3, -0.25) is 14.4 Å². The standard InChI is InChI=1S/C16H20N2O4/c1-3-17(10-15(20)21)16(22)12-8-14(19)18(9-12)13-6-4-11(2)5-7-13/h4-7,12H,3,8-10H2,1-2H3,(H,20,21). The molecule has 1 aromatic carbocycles. The maximum atomic E-state index is 12.4. The number of benzene rings is 1. The van der Waals surface area contributed by atoms with Crippen LogP contribution in [0.4, 0.5) is 5.69 Å². The zero-order valence-electron chi connectivity index (χ0n) is 12.8. The number of amides is 2. The molecule has 0 bridgehead atoms. The Balaban J connectivity index is 2.09. The molecule has 0 spiro atoms. The van der Waals surface area contributed by atoms with E-state index in [1.165, 1.54) is 4.90 Å². The predicted molar refractivity (Wildman–Crippen MR) is 81.5 cm³/mol. The van der Waals surface area contributed by atoms with Crippen LogP contribution in [0.2, 0.25) is 0 Å². The average Bonchev–Trinajstić information content (AvgIpc) is 2.86. The van der Waals surface area contributed by atoms with E-state index in [1.807, 2.05) is 31.2 Å². The third-order valence-electron chi connectivity index (χ3n) is 3.84. The minimum atomic E-state index is -1.05. The SMILES string of the molecule is CCN(CC(=O)O)C(=O)C1CC(=O)N(c2ccc(C)cc2)C1. The van der Waals surface area contributed by atoms with Crippen LogP contribution >= 0.6 is 0 Å². The number of anilines is 1. The molecule has 1 aliphatic rings. The Bertz CT molecular complexity index is 582. The lowest BCUT2D eigenvalue weighted by molar-refractivity contribution is -0.146. The molecule has 0 aromatic heterocycles. The van der Waals surface area contributed by atoms with E-state index >= 15 is 0 Å². The first-order chi connectivity index (χ1) is 10.4. The van der Waals surface area contributed by atoms with Crippen molar-refractivity contribution in [2.75, 3.05) is 24.5 Å². The van der Waals surface area contributed by atoms with Crippen molar-refractivity contribution in [1.82, 2.24) is 4.90 Å². The molecule has 1 aromatic rings. The number of nitrogens with zero attached hydrogens (tertiary/aromatic N) is 2. The van der Waals surface area contributed by atoms with E-state index < -0.39 is 11.9 Å². The zero-order chi connectivity index (χ0) is 16.3. The van der Waals surface area contributed by atoms with Gasteiger partial charge >= 0.3 is 5.97 Å². The zero-order valence-corrected chi connectivity index (χ0v) is 12.8. The molecule has 6 nitrogen and oxygen atoms in total. The second-order valence-electron chi connectivity index (χ2n) is 5.49.